The number of benzene rings is 2. The normalized spacial score (nSPS) is 11.7. The highest BCUT2D eigenvalue weighted by Crippen LogP contribution is 2.34. The number of hydrogen-bond acceptors (Lipinski definition) is 3. The molecule has 3 N–H and O–H groups in total. The Morgan fingerprint density at radius 1 is 1.25 bits per heavy atom. The number of anilines is 2. The fourth-order valence-corrected chi connectivity index (χ4v) is 2.95. The van der Waals surface area contributed by atoms with Crippen LogP contribution in [0.3, 0.4) is 0 Å². The molecule has 0 radical (unpaired) electrons. The number of alkyl halides is 3. The molecule has 2 amide bonds. The number of carbonyl (C=O) groups is 1. The van der Waals surface area contributed by atoms with Gasteiger partial charge in [-0.05, 0) is 42.8 Å². The third-order valence-corrected chi connectivity index (χ3v) is 4.69. The molecule has 0 spiro atoms. The van der Waals surface area contributed by atoms with Crippen molar-refractivity contribution in [3.05, 3.63) is 53.2 Å². The molecule has 0 unspecified atom stereocenters. The number of aryl methyl sites for hydroxylation is 2. The number of nitrogens with two attached hydrogens (primary N) is 1. The largest absolute Gasteiger partial charge is 0.416 e. The predicted molar refractivity (Wildman–Crippen MR) is 102 cm³/mol. The molecule has 28 heavy (non-hydrogen) atoms. The molecular weight excluding hydrogens is 371 g/mol. The number of nitrogens with zero attached hydrogens (tertiary/aromatic N) is 3. The van der Waals surface area contributed by atoms with E-state index in [0.29, 0.717) is 5.69 Å². The number of carbonyl (C=O) groups excluding carboxylic acids is 1. The summed E-state index contributed by atoms with van der Waals surface area (Å²) in [5.41, 5.74) is 6.81. The van der Waals surface area contributed by atoms with Crippen LogP contribution in [0, 0.1) is 6.92 Å². The van der Waals surface area contributed by atoms with Crippen molar-refractivity contribution in [2.75, 3.05) is 17.3 Å². The third kappa shape index (κ3) is 3.65. The zero-order valence-corrected chi connectivity index (χ0v) is 15.6. The van der Waals surface area contributed by atoms with Crippen LogP contribution in [-0.4, -0.2) is 22.9 Å². The Labute approximate surface area is 159 Å². The van der Waals surface area contributed by atoms with Gasteiger partial charge in [-0.15, -0.1) is 0 Å². The van der Waals surface area contributed by atoms with Gasteiger partial charge in [-0.3, -0.25) is 9.58 Å². The summed E-state index contributed by atoms with van der Waals surface area (Å²) in [6.45, 7) is 1.70. The van der Waals surface area contributed by atoms with Crippen molar-refractivity contribution in [1.29, 1.82) is 0 Å². The van der Waals surface area contributed by atoms with Crippen LogP contribution < -0.4 is 16.0 Å². The minimum Gasteiger partial charge on any atom is -0.326 e. The molecular formula is C19H20F3N5O. The molecule has 3 rings (SSSR count). The highest BCUT2D eigenvalue weighted by atomic mass is 19.4. The Morgan fingerprint density at radius 2 is 1.96 bits per heavy atom. The van der Waals surface area contributed by atoms with Gasteiger partial charge < -0.3 is 11.1 Å². The van der Waals surface area contributed by atoms with Gasteiger partial charge >= 0.3 is 12.2 Å². The highest BCUT2D eigenvalue weighted by molar-refractivity contribution is 6.02. The molecule has 0 aliphatic rings. The Hall–Kier alpha value is -3.07. The Balaban J connectivity index is 1.85. The summed E-state index contributed by atoms with van der Waals surface area (Å²) in [5, 5.41) is 7.83. The van der Waals surface area contributed by atoms with E-state index < -0.39 is 17.8 Å². The summed E-state index contributed by atoms with van der Waals surface area (Å²) in [7, 11) is 3.36. The topological polar surface area (TPSA) is 76.2 Å². The molecule has 0 fully saturated rings. The molecule has 1 heterocycles. The molecule has 2 aromatic carbocycles. The Bertz CT molecular complexity index is 1040. The summed E-state index contributed by atoms with van der Waals surface area (Å²) in [6, 6.07) is 8.35. The van der Waals surface area contributed by atoms with Crippen molar-refractivity contribution in [3.63, 3.8) is 0 Å². The van der Waals surface area contributed by atoms with Crippen molar-refractivity contribution >= 4 is 28.3 Å². The van der Waals surface area contributed by atoms with E-state index in [1.165, 1.54) is 24.1 Å². The van der Waals surface area contributed by atoms with E-state index in [4.69, 9.17) is 5.73 Å². The lowest BCUT2D eigenvalue weighted by atomic mass is 10.1. The van der Waals surface area contributed by atoms with Gasteiger partial charge in [0.25, 0.3) is 0 Å². The first-order valence-corrected chi connectivity index (χ1v) is 8.50. The molecule has 6 nitrogen and oxygen atoms in total. The summed E-state index contributed by atoms with van der Waals surface area (Å²) in [6.07, 6.45) is -4.55. The fraction of sp³-hybridized carbons (Fsp3) is 0.263. The van der Waals surface area contributed by atoms with Crippen molar-refractivity contribution in [1.82, 2.24) is 9.78 Å². The fourth-order valence-electron chi connectivity index (χ4n) is 2.95. The van der Waals surface area contributed by atoms with Gasteiger partial charge in [-0.1, -0.05) is 6.07 Å². The Morgan fingerprint density at radius 3 is 2.61 bits per heavy atom. The van der Waals surface area contributed by atoms with Gasteiger partial charge in [-0.2, -0.15) is 18.3 Å². The number of fused-ring (bicyclic) bond motifs is 1. The van der Waals surface area contributed by atoms with E-state index in [1.807, 2.05) is 20.0 Å². The van der Waals surface area contributed by atoms with Gasteiger partial charge in [0.15, 0.2) is 0 Å². The number of aromatic nitrogens is 2. The van der Waals surface area contributed by atoms with Crippen LogP contribution in [0.1, 0.15) is 16.8 Å². The number of nitrogens with one attached hydrogen (secondary N) is 1. The molecule has 0 atom stereocenters. The molecule has 9 heteroatoms. The zero-order valence-electron chi connectivity index (χ0n) is 15.6. The van der Waals surface area contributed by atoms with E-state index in [9.17, 15) is 18.0 Å². The zero-order chi connectivity index (χ0) is 20.6. The number of hydrogen-bond donors (Lipinski definition) is 2. The van der Waals surface area contributed by atoms with Gasteiger partial charge in [0.05, 0.1) is 11.1 Å². The standard InChI is InChI=1S/C19H20F3N5O/c1-11-15-7-6-14(9-17(15)25-27(11)3)26(2)18(28)24-13-5-4-12(10-23)16(8-13)19(20,21)22/h4-9H,10,23H2,1-3H3,(H,24,28). The lowest BCUT2D eigenvalue weighted by Gasteiger charge is -2.19. The van der Waals surface area contributed by atoms with Crippen molar-refractivity contribution < 1.29 is 18.0 Å². The van der Waals surface area contributed by atoms with E-state index in [-0.39, 0.29) is 17.8 Å². The quantitative estimate of drug-likeness (QED) is 0.708. The minimum atomic E-state index is -4.55. The number of halogens is 3. The minimum absolute atomic E-state index is 0.0326. The van der Waals surface area contributed by atoms with Gasteiger partial charge in [0, 0.05) is 43.1 Å². The van der Waals surface area contributed by atoms with E-state index >= 15 is 0 Å². The first-order valence-electron chi connectivity index (χ1n) is 8.50. The van der Waals surface area contributed by atoms with Crippen LogP contribution >= 0.6 is 0 Å². The third-order valence-electron chi connectivity index (χ3n) is 4.69. The maximum Gasteiger partial charge on any atom is 0.416 e. The van der Waals surface area contributed by atoms with E-state index in [2.05, 4.69) is 10.4 Å². The lowest BCUT2D eigenvalue weighted by molar-refractivity contribution is -0.138. The molecule has 0 aliphatic heterocycles. The Kier molecular flexibility index (Phi) is 5.03. The average molecular weight is 391 g/mol. The first kappa shape index (κ1) is 19.7. The van der Waals surface area contributed by atoms with Crippen LogP contribution in [0.4, 0.5) is 29.3 Å². The van der Waals surface area contributed by atoms with E-state index in [1.54, 1.807) is 16.8 Å². The SMILES string of the molecule is Cc1c2ccc(N(C)C(=O)Nc3ccc(CN)c(C(F)(F)F)c3)cc2nn1C. The molecule has 0 bridgehead atoms. The summed E-state index contributed by atoms with van der Waals surface area (Å²) in [5.74, 6) is 0. The van der Waals surface area contributed by atoms with Crippen LogP contribution in [0.5, 0.6) is 0 Å². The van der Waals surface area contributed by atoms with Crippen LogP contribution in [0.15, 0.2) is 36.4 Å². The second kappa shape index (κ2) is 7.16. The maximum atomic E-state index is 13.2. The summed E-state index contributed by atoms with van der Waals surface area (Å²) >= 11 is 0. The molecule has 0 saturated heterocycles. The number of rotatable bonds is 3. The monoisotopic (exact) mass is 391 g/mol. The average Bonchev–Trinajstić information content (AvgIpc) is 2.93. The van der Waals surface area contributed by atoms with Crippen LogP contribution in [0.25, 0.3) is 10.9 Å². The second-order valence-electron chi connectivity index (χ2n) is 6.47. The smallest absolute Gasteiger partial charge is 0.326 e. The summed E-state index contributed by atoms with van der Waals surface area (Å²) < 4.78 is 41.3. The first-order chi connectivity index (χ1) is 13.1. The molecule has 148 valence electrons. The van der Waals surface area contributed by atoms with Crippen LogP contribution in [-0.2, 0) is 19.8 Å². The summed E-state index contributed by atoms with van der Waals surface area (Å²) in [4.78, 5) is 13.8. The van der Waals surface area contributed by atoms with Crippen molar-refractivity contribution in [2.24, 2.45) is 12.8 Å². The van der Waals surface area contributed by atoms with Crippen molar-refractivity contribution in [3.8, 4) is 0 Å². The highest BCUT2D eigenvalue weighted by Gasteiger charge is 2.33. The number of amides is 2. The molecule has 0 aliphatic carbocycles. The van der Waals surface area contributed by atoms with Gasteiger partial charge in [0.1, 0.15) is 0 Å². The van der Waals surface area contributed by atoms with E-state index in [0.717, 1.165) is 22.7 Å². The predicted octanol–water partition coefficient (Wildman–Crippen LogP) is 4.03. The second-order valence-corrected chi connectivity index (χ2v) is 6.47. The molecule has 1 aromatic heterocycles. The maximum absolute atomic E-state index is 13.2. The van der Waals surface area contributed by atoms with Gasteiger partial charge in [-0.25, -0.2) is 4.79 Å². The molecule has 3 aromatic rings. The van der Waals surface area contributed by atoms with Gasteiger partial charge in [0.2, 0.25) is 0 Å². The molecule has 0 saturated carbocycles. The lowest BCUT2D eigenvalue weighted by Crippen LogP contribution is -2.31. The number of urea groups is 1. The van der Waals surface area contributed by atoms with Crippen molar-refractivity contribution in [2.45, 2.75) is 19.6 Å². The van der Waals surface area contributed by atoms with Crippen LogP contribution in [0.2, 0.25) is 0 Å².